The molecule has 0 saturated carbocycles. The SMILES string of the molecule is CC(C(=O)NC(C)(C)C)N(Cc1ccccc1F)C(=O)CCCN(c1ccccc1F)S(C)(=O)=O. The van der Waals surface area contributed by atoms with Crippen molar-refractivity contribution in [1.29, 1.82) is 0 Å². The number of hydrogen-bond donors (Lipinski definition) is 1. The van der Waals surface area contributed by atoms with Gasteiger partial charge in [0.25, 0.3) is 0 Å². The fourth-order valence-electron chi connectivity index (χ4n) is 3.50. The largest absolute Gasteiger partial charge is 0.350 e. The molecule has 0 fully saturated rings. The lowest BCUT2D eigenvalue weighted by molar-refractivity contribution is -0.141. The Bertz CT molecular complexity index is 1150. The number of sulfonamides is 1. The molecule has 0 bridgehead atoms. The average Bonchev–Trinajstić information content (AvgIpc) is 2.74. The third-order valence-electron chi connectivity index (χ3n) is 5.24. The van der Waals surface area contributed by atoms with E-state index in [1.807, 2.05) is 20.8 Å². The van der Waals surface area contributed by atoms with E-state index in [1.165, 1.54) is 41.3 Å². The number of nitrogens with zero attached hydrogens (tertiary/aromatic N) is 2. The highest BCUT2D eigenvalue weighted by Gasteiger charge is 2.29. The molecular weight excluding hydrogens is 476 g/mol. The van der Waals surface area contributed by atoms with Gasteiger partial charge in [-0.25, -0.2) is 17.2 Å². The topological polar surface area (TPSA) is 86.8 Å². The van der Waals surface area contributed by atoms with Gasteiger partial charge in [0.1, 0.15) is 17.7 Å². The maximum absolute atomic E-state index is 14.3. The van der Waals surface area contributed by atoms with Crippen LogP contribution < -0.4 is 9.62 Å². The predicted molar refractivity (Wildman–Crippen MR) is 132 cm³/mol. The molecule has 7 nitrogen and oxygen atoms in total. The van der Waals surface area contributed by atoms with Crippen LogP contribution in [0, 0.1) is 11.6 Å². The fourth-order valence-corrected chi connectivity index (χ4v) is 4.47. The molecule has 0 saturated heterocycles. The van der Waals surface area contributed by atoms with Crippen LogP contribution in [-0.4, -0.2) is 49.5 Å². The van der Waals surface area contributed by atoms with Crippen molar-refractivity contribution in [3.63, 3.8) is 0 Å². The van der Waals surface area contributed by atoms with Crippen LogP contribution in [-0.2, 0) is 26.2 Å². The van der Waals surface area contributed by atoms with E-state index in [0.717, 1.165) is 16.6 Å². The first kappa shape index (κ1) is 28.2. The van der Waals surface area contributed by atoms with E-state index in [4.69, 9.17) is 0 Å². The van der Waals surface area contributed by atoms with Crippen LogP contribution >= 0.6 is 0 Å². The summed E-state index contributed by atoms with van der Waals surface area (Å²) in [7, 11) is -3.81. The van der Waals surface area contributed by atoms with Crippen LogP contribution in [0.4, 0.5) is 14.5 Å². The molecule has 192 valence electrons. The van der Waals surface area contributed by atoms with Gasteiger partial charge in [-0.3, -0.25) is 13.9 Å². The summed E-state index contributed by atoms with van der Waals surface area (Å²) in [4.78, 5) is 27.2. The molecule has 2 aromatic rings. The molecular formula is C25H33F2N3O4S. The Labute approximate surface area is 206 Å². The number of para-hydroxylation sites is 1. The molecule has 0 aliphatic heterocycles. The van der Waals surface area contributed by atoms with E-state index in [9.17, 15) is 26.8 Å². The molecule has 2 rings (SSSR count). The molecule has 0 aliphatic carbocycles. The number of benzene rings is 2. The van der Waals surface area contributed by atoms with E-state index in [2.05, 4.69) is 5.32 Å². The second-order valence-corrected chi connectivity index (χ2v) is 11.3. The number of rotatable bonds is 10. The Morgan fingerprint density at radius 2 is 1.57 bits per heavy atom. The number of carbonyl (C=O) groups excluding carboxylic acids is 2. The summed E-state index contributed by atoms with van der Waals surface area (Å²) >= 11 is 0. The van der Waals surface area contributed by atoms with Crippen LogP contribution in [0.2, 0.25) is 0 Å². The summed E-state index contributed by atoms with van der Waals surface area (Å²) in [5, 5.41) is 2.82. The molecule has 0 aromatic heterocycles. The summed E-state index contributed by atoms with van der Waals surface area (Å²) < 4.78 is 54.0. The highest BCUT2D eigenvalue weighted by Crippen LogP contribution is 2.22. The zero-order chi connectivity index (χ0) is 26.4. The molecule has 35 heavy (non-hydrogen) atoms. The second kappa shape index (κ2) is 11.6. The molecule has 2 aromatic carbocycles. The van der Waals surface area contributed by atoms with Gasteiger partial charge in [0.2, 0.25) is 21.8 Å². The molecule has 10 heteroatoms. The van der Waals surface area contributed by atoms with E-state index in [-0.39, 0.29) is 37.2 Å². The highest BCUT2D eigenvalue weighted by atomic mass is 32.2. The van der Waals surface area contributed by atoms with Gasteiger partial charge < -0.3 is 10.2 Å². The number of halogens is 2. The molecule has 1 atom stereocenters. The Morgan fingerprint density at radius 1 is 1.00 bits per heavy atom. The zero-order valence-electron chi connectivity index (χ0n) is 20.7. The number of carbonyl (C=O) groups is 2. The van der Waals surface area contributed by atoms with Crippen molar-refractivity contribution < 1.29 is 26.8 Å². The first-order valence-corrected chi connectivity index (χ1v) is 13.1. The number of anilines is 1. The van der Waals surface area contributed by atoms with Crippen LogP contribution in [0.25, 0.3) is 0 Å². The predicted octanol–water partition coefficient (Wildman–Crippen LogP) is 3.84. The minimum Gasteiger partial charge on any atom is -0.350 e. The Kier molecular flexibility index (Phi) is 9.37. The van der Waals surface area contributed by atoms with Crippen molar-refractivity contribution in [1.82, 2.24) is 10.2 Å². The first-order valence-electron chi connectivity index (χ1n) is 11.3. The molecule has 1 unspecified atom stereocenters. The lowest BCUT2D eigenvalue weighted by atomic mass is 10.1. The number of hydrogen-bond acceptors (Lipinski definition) is 4. The minimum atomic E-state index is -3.81. The van der Waals surface area contributed by atoms with E-state index in [1.54, 1.807) is 13.0 Å². The Morgan fingerprint density at radius 3 is 2.11 bits per heavy atom. The first-order chi connectivity index (χ1) is 16.2. The van der Waals surface area contributed by atoms with E-state index < -0.39 is 45.1 Å². The van der Waals surface area contributed by atoms with E-state index >= 15 is 0 Å². The van der Waals surface area contributed by atoms with E-state index in [0.29, 0.717) is 0 Å². The van der Waals surface area contributed by atoms with Crippen molar-refractivity contribution in [2.45, 2.75) is 58.7 Å². The van der Waals surface area contributed by atoms with Crippen molar-refractivity contribution in [3.05, 3.63) is 65.7 Å². The fraction of sp³-hybridized carbons (Fsp3) is 0.440. The summed E-state index contributed by atoms with van der Waals surface area (Å²) in [6.07, 6.45) is 0.911. The molecule has 1 N–H and O–H groups in total. The van der Waals surface area contributed by atoms with Crippen molar-refractivity contribution in [3.8, 4) is 0 Å². The van der Waals surface area contributed by atoms with Gasteiger partial charge in [0.15, 0.2) is 0 Å². The van der Waals surface area contributed by atoms with Crippen LogP contribution in [0.1, 0.15) is 46.1 Å². The summed E-state index contributed by atoms with van der Waals surface area (Å²) in [5.74, 6) is -2.05. The van der Waals surface area contributed by atoms with Gasteiger partial charge in [-0.1, -0.05) is 30.3 Å². The normalized spacial score (nSPS) is 12.7. The quantitative estimate of drug-likeness (QED) is 0.527. The lowest BCUT2D eigenvalue weighted by Crippen LogP contribution is -2.52. The molecule has 2 amide bonds. The van der Waals surface area contributed by atoms with Gasteiger partial charge in [-0.2, -0.15) is 0 Å². The van der Waals surface area contributed by atoms with Crippen molar-refractivity contribution in [2.75, 3.05) is 17.1 Å². The number of amides is 2. The third-order valence-corrected chi connectivity index (χ3v) is 6.42. The summed E-state index contributed by atoms with van der Waals surface area (Å²) in [6, 6.07) is 10.6. The summed E-state index contributed by atoms with van der Waals surface area (Å²) in [5.41, 5.74) is -0.391. The average molecular weight is 510 g/mol. The maximum Gasteiger partial charge on any atom is 0.242 e. The van der Waals surface area contributed by atoms with Crippen LogP contribution in [0.3, 0.4) is 0 Å². The molecule has 0 heterocycles. The lowest BCUT2D eigenvalue weighted by Gasteiger charge is -2.32. The van der Waals surface area contributed by atoms with Crippen LogP contribution in [0.5, 0.6) is 0 Å². The van der Waals surface area contributed by atoms with Crippen molar-refractivity contribution in [2.24, 2.45) is 0 Å². The molecule has 0 radical (unpaired) electrons. The van der Waals surface area contributed by atoms with Gasteiger partial charge in [0, 0.05) is 30.6 Å². The van der Waals surface area contributed by atoms with Gasteiger partial charge >= 0.3 is 0 Å². The number of nitrogens with one attached hydrogen (secondary N) is 1. The van der Waals surface area contributed by atoms with Crippen molar-refractivity contribution >= 4 is 27.5 Å². The summed E-state index contributed by atoms with van der Waals surface area (Å²) in [6.45, 7) is 6.71. The molecule has 0 spiro atoms. The Balaban J connectivity index is 2.21. The standard InChI is InChI=1S/C25H33F2N3O4S/c1-18(24(32)28-25(2,3)4)29(17-19-11-6-7-12-20(19)26)23(31)15-10-16-30(35(5,33)34)22-14-9-8-13-21(22)27/h6-9,11-14,18H,10,15-17H2,1-5H3,(H,28,32). The zero-order valence-corrected chi connectivity index (χ0v) is 21.5. The van der Waals surface area contributed by atoms with Gasteiger partial charge in [-0.05, 0) is 52.3 Å². The van der Waals surface area contributed by atoms with Gasteiger partial charge in [-0.15, -0.1) is 0 Å². The van der Waals surface area contributed by atoms with Gasteiger partial charge in [0.05, 0.1) is 11.9 Å². The monoisotopic (exact) mass is 509 g/mol. The highest BCUT2D eigenvalue weighted by molar-refractivity contribution is 7.92. The maximum atomic E-state index is 14.3. The van der Waals surface area contributed by atoms with Crippen LogP contribution in [0.15, 0.2) is 48.5 Å². The Hall–Kier alpha value is -3.01. The third kappa shape index (κ3) is 8.31. The minimum absolute atomic E-state index is 0.0711. The second-order valence-electron chi connectivity index (χ2n) is 9.42. The molecule has 0 aliphatic rings. The smallest absolute Gasteiger partial charge is 0.242 e.